The predicted molar refractivity (Wildman–Crippen MR) is 91.2 cm³/mol. The molecule has 1 aliphatic heterocycles. The van der Waals surface area contributed by atoms with Crippen molar-refractivity contribution in [1.82, 2.24) is 4.90 Å². The maximum absolute atomic E-state index is 12.7. The van der Waals surface area contributed by atoms with E-state index in [2.05, 4.69) is 0 Å². The lowest BCUT2D eigenvalue weighted by Gasteiger charge is -2.18. The van der Waals surface area contributed by atoms with Gasteiger partial charge in [-0.3, -0.25) is 4.79 Å². The monoisotopic (exact) mass is 310 g/mol. The van der Waals surface area contributed by atoms with E-state index in [1.807, 2.05) is 53.4 Å². The van der Waals surface area contributed by atoms with Gasteiger partial charge in [0.05, 0.1) is 0 Å². The second-order valence-electron chi connectivity index (χ2n) is 6.01. The van der Waals surface area contributed by atoms with E-state index < -0.39 is 0 Å². The molecule has 0 bridgehead atoms. The van der Waals surface area contributed by atoms with Crippen LogP contribution in [0.1, 0.15) is 22.3 Å². The van der Waals surface area contributed by atoms with Crippen molar-refractivity contribution in [3.05, 3.63) is 59.7 Å². The lowest BCUT2D eigenvalue weighted by Crippen LogP contribution is -2.32. The highest BCUT2D eigenvalue weighted by molar-refractivity contribution is 5.96. The molecular weight excluding hydrogens is 288 g/mol. The Morgan fingerprint density at radius 3 is 2.61 bits per heavy atom. The second-order valence-corrected chi connectivity index (χ2v) is 6.01. The number of amides is 1. The average Bonchev–Trinajstić information content (AvgIpc) is 3.02. The topological polar surface area (TPSA) is 66.6 Å². The van der Waals surface area contributed by atoms with Crippen molar-refractivity contribution in [1.29, 1.82) is 0 Å². The van der Waals surface area contributed by atoms with Crippen molar-refractivity contribution in [2.45, 2.75) is 18.9 Å². The molecular formula is C19H22N2O2. The second kappa shape index (κ2) is 6.94. The van der Waals surface area contributed by atoms with Crippen LogP contribution in [0.15, 0.2) is 48.5 Å². The van der Waals surface area contributed by atoms with Crippen molar-refractivity contribution in [3.8, 4) is 11.1 Å². The molecule has 1 heterocycles. The van der Waals surface area contributed by atoms with E-state index in [1.165, 1.54) is 0 Å². The van der Waals surface area contributed by atoms with E-state index in [9.17, 15) is 9.90 Å². The van der Waals surface area contributed by atoms with E-state index in [4.69, 9.17) is 5.73 Å². The molecule has 0 radical (unpaired) electrons. The largest absolute Gasteiger partial charge is 0.396 e. The highest BCUT2D eigenvalue weighted by Crippen LogP contribution is 2.24. The van der Waals surface area contributed by atoms with Crippen molar-refractivity contribution in [3.63, 3.8) is 0 Å². The van der Waals surface area contributed by atoms with Gasteiger partial charge in [-0.2, -0.15) is 0 Å². The molecule has 4 heteroatoms. The lowest BCUT2D eigenvalue weighted by molar-refractivity contribution is 0.0789. The normalized spacial score (nSPS) is 17.5. The summed E-state index contributed by atoms with van der Waals surface area (Å²) in [5.41, 5.74) is 9.63. The zero-order valence-electron chi connectivity index (χ0n) is 13.1. The quantitative estimate of drug-likeness (QED) is 0.908. The fourth-order valence-electron chi connectivity index (χ4n) is 3.08. The maximum Gasteiger partial charge on any atom is 0.254 e. The van der Waals surface area contributed by atoms with Crippen LogP contribution in [0.2, 0.25) is 0 Å². The Kier molecular flexibility index (Phi) is 4.74. The third-order valence-corrected chi connectivity index (χ3v) is 4.34. The molecule has 4 nitrogen and oxygen atoms in total. The molecule has 0 saturated carbocycles. The Hall–Kier alpha value is -2.17. The number of nitrogens with two attached hydrogens (primary N) is 1. The van der Waals surface area contributed by atoms with Gasteiger partial charge in [0.1, 0.15) is 0 Å². The summed E-state index contributed by atoms with van der Waals surface area (Å²) in [7, 11) is 0. The van der Waals surface area contributed by atoms with Crippen LogP contribution in [0, 0.1) is 0 Å². The number of benzene rings is 2. The number of likely N-dealkylation sites (tertiary alicyclic amines) is 1. The molecule has 2 aromatic carbocycles. The molecule has 1 atom stereocenters. The van der Waals surface area contributed by atoms with Gasteiger partial charge in [-0.25, -0.2) is 0 Å². The summed E-state index contributed by atoms with van der Waals surface area (Å²) in [4.78, 5) is 14.5. The third kappa shape index (κ3) is 3.44. The lowest BCUT2D eigenvalue weighted by atomic mass is 9.97. The van der Waals surface area contributed by atoms with Crippen LogP contribution in [-0.4, -0.2) is 41.7 Å². The summed E-state index contributed by atoms with van der Waals surface area (Å²) in [6.45, 7) is 1.34. The van der Waals surface area contributed by atoms with Crippen LogP contribution in [0.4, 0.5) is 0 Å². The first-order valence-corrected chi connectivity index (χ1v) is 8.03. The highest BCUT2D eigenvalue weighted by atomic mass is 16.3. The van der Waals surface area contributed by atoms with Gasteiger partial charge in [0, 0.05) is 31.3 Å². The van der Waals surface area contributed by atoms with Gasteiger partial charge in [-0.05, 0) is 35.6 Å². The van der Waals surface area contributed by atoms with E-state index in [-0.39, 0.29) is 18.6 Å². The minimum atomic E-state index is 0.0148. The number of hydrogen-bond acceptors (Lipinski definition) is 3. The molecule has 0 spiro atoms. The Balaban J connectivity index is 1.92. The summed E-state index contributed by atoms with van der Waals surface area (Å²) in [6.07, 6.45) is 1.32. The third-order valence-electron chi connectivity index (χ3n) is 4.34. The standard InChI is InChI=1S/C19H22N2O2/c20-17-8-10-21(13-17)19(23)18-7-6-15(12-16(18)9-11-22)14-4-2-1-3-5-14/h1-7,12,17,22H,8-11,13,20H2/t17-/m0/s1. The first kappa shape index (κ1) is 15.7. The molecule has 3 N–H and O–H groups in total. The zero-order chi connectivity index (χ0) is 16.2. The molecule has 23 heavy (non-hydrogen) atoms. The smallest absolute Gasteiger partial charge is 0.254 e. The first-order chi connectivity index (χ1) is 11.2. The van der Waals surface area contributed by atoms with Gasteiger partial charge in [0.15, 0.2) is 0 Å². The Labute approximate surface area is 136 Å². The summed E-state index contributed by atoms with van der Waals surface area (Å²) < 4.78 is 0. The number of aliphatic hydroxyl groups is 1. The van der Waals surface area contributed by atoms with E-state index in [0.29, 0.717) is 25.1 Å². The predicted octanol–water partition coefficient (Wildman–Crippen LogP) is 2.06. The van der Waals surface area contributed by atoms with Crippen LogP contribution in [0.5, 0.6) is 0 Å². The molecule has 2 aromatic rings. The van der Waals surface area contributed by atoms with Gasteiger partial charge in [-0.15, -0.1) is 0 Å². The first-order valence-electron chi connectivity index (χ1n) is 8.03. The number of nitrogens with zero attached hydrogens (tertiary/aromatic N) is 1. The minimum absolute atomic E-state index is 0.0148. The molecule has 1 aliphatic rings. The average molecular weight is 310 g/mol. The van der Waals surface area contributed by atoms with Crippen molar-refractivity contribution >= 4 is 5.91 Å². The van der Waals surface area contributed by atoms with Crippen molar-refractivity contribution in [2.75, 3.05) is 19.7 Å². The molecule has 0 aliphatic carbocycles. The zero-order valence-corrected chi connectivity index (χ0v) is 13.1. The summed E-state index contributed by atoms with van der Waals surface area (Å²) in [5.74, 6) is 0.0148. The number of rotatable bonds is 4. The van der Waals surface area contributed by atoms with Crippen LogP contribution in [0.3, 0.4) is 0 Å². The van der Waals surface area contributed by atoms with Gasteiger partial charge in [-0.1, -0.05) is 42.5 Å². The van der Waals surface area contributed by atoms with Crippen LogP contribution < -0.4 is 5.73 Å². The van der Waals surface area contributed by atoms with Gasteiger partial charge in [0.2, 0.25) is 0 Å². The fourth-order valence-corrected chi connectivity index (χ4v) is 3.08. The van der Waals surface area contributed by atoms with Crippen molar-refractivity contribution < 1.29 is 9.90 Å². The van der Waals surface area contributed by atoms with Crippen LogP contribution >= 0.6 is 0 Å². The molecule has 3 rings (SSSR count). The Morgan fingerprint density at radius 2 is 1.96 bits per heavy atom. The van der Waals surface area contributed by atoms with Crippen LogP contribution in [-0.2, 0) is 6.42 Å². The maximum atomic E-state index is 12.7. The molecule has 0 aromatic heterocycles. The summed E-state index contributed by atoms with van der Waals surface area (Å²) in [6, 6.07) is 16.0. The minimum Gasteiger partial charge on any atom is -0.396 e. The molecule has 0 unspecified atom stereocenters. The molecule has 1 amide bonds. The van der Waals surface area contributed by atoms with Gasteiger partial charge >= 0.3 is 0 Å². The van der Waals surface area contributed by atoms with E-state index >= 15 is 0 Å². The number of aliphatic hydroxyl groups excluding tert-OH is 1. The summed E-state index contributed by atoms with van der Waals surface area (Å²) in [5, 5.41) is 9.35. The summed E-state index contributed by atoms with van der Waals surface area (Å²) >= 11 is 0. The number of carbonyl (C=O) groups excluding carboxylic acids is 1. The Morgan fingerprint density at radius 1 is 1.17 bits per heavy atom. The molecule has 1 fully saturated rings. The highest BCUT2D eigenvalue weighted by Gasteiger charge is 2.26. The van der Waals surface area contributed by atoms with E-state index in [1.54, 1.807) is 0 Å². The molecule has 1 saturated heterocycles. The van der Waals surface area contributed by atoms with Crippen molar-refractivity contribution in [2.24, 2.45) is 5.73 Å². The van der Waals surface area contributed by atoms with Gasteiger partial charge < -0.3 is 15.7 Å². The number of carbonyl (C=O) groups is 1. The van der Waals surface area contributed by atoms with Gasteiger partial charge in [0.25, 0.3) is 5.91 Å². The Bertz CT molecular complexity index is 685. The SMILES string of the molecule is N[C@H]1CCN(C(=O)c2ccc(-c3ccccc3)cc2CCO)C1. The van der Waals surface area contributed by atoms with Crippen LogP contribution in [0.25, 0.3) is 11.1 Å². The molecule has 120 valence electrons. The fraction of sp³-hybridized carbons (Fsp3) is 0.316. The van der Waals surface area contributed by atoms with E-state index in [0.717, 1.165) is 23.1 Å². The number of hydrogen-bond donors (Lipinski definition) is 2.